The summed E-state index contributed by atoms with van der Waals surface area (Å²) in [5.74, 6) is 1.90. The molecule has 0 spiro atoms. The summed E-state index contributed by atoms with van der Waals surface area (Å²) in [4.78, 5) is 13.4. The van der Waals surface area contributed by atoms with Gasteiger partial charge in [0.1, 0.15) is 17.1 Å². The first-order valence-electron chi connectivity index (χ1n) is 7.84. The first-order valence-corrected chi connectivity index (χ1v) is 7.84. The summed E-state index contributed by atoms with van der Waals surface area (Å²) in [6.45, 7) is 13.2. The summed E-state index contributed by atoms with van der Waals surface area (Å²) in [5.41, 5.74) is 0.743. The maximum atomic E-state index is 11.8. The lowest BCUT2D eigenvalue weighted by atomic mass is 10.1. The van der Waals surface area contributed by atoms with Crippen LogP contribution in [0.4, 0.5) is 4.79 Å². The van der Waals surface area contributed by atoms with E-state index in [0.29, 0.717) is 6.54 Å². The zero-order valence-corrected chi connectivity index (χ0v) is 14.9. The third-order valence-corrected chi connectivity index (χ3v) is 3.37. The maximum absolute atomic E-state index is 11.8. The Morgan fingerprint density at radius 2 is 2.05 bits per heavy atom. The van der Waals surface area contributed by atoms with E-state index in [1.165, 1.54) is 5.56 Å². The number of amides is 1. The Morgan fingerprint density at radius 1 is 1.41 bits per heavy atom. The van der Waals surface area contributed by atoms with Crippen LogP contribution < -0.4 is 5.32 Å². The summed E-state index contributed by atoms with van der Waals surface area (Å²) in [6.07, 6.45) is 0.595. The minimum Gasteiger partial charge on any atom is -0.466 e. The number of hydrogen-bond donors (Lipinski definition) is 1. The molecule has 0 radical (unpaired) electrons. The smallest absolute Gasteiger partial charge is 0.410 e. The molecule has 1 N–H and O–H groups in total. The first-order chi connectivity index (χ1) is 10.1. The summed E-state index contributed by atoms with van der Waals surface area (Å²) >= 11 is 0. The van der Waals surface area contributed by atoms with Crippen molar-refractivity contribution in [2.75, 3.05) is 20.1 Å². The van der Waals surface area contributed by atoms with Crippen LogP contribution in [0, 0.1) is 13.8 Å². The number of furan rings is 1. The number of hydrogen-bond acceptors (Lipinski definition) is 4. The van der Waals surface area contributed by atoms with Crippen molar-refractivity contribution < 1.29 is 13.9 Å². The highest BCUT2D eigenvalue weighted by molar-refractivity contribution is 5.67. The second kappa shape index (κ2) is 7.68. The van der Waals surface area contributed by atoms with E-state index in [9.17, 15) is 4.79 Å². The highest BCUT2D eigenvalue weighted by Gasteiger charge is 2.19. The fourth-order valence-corrected chi connectivity index (χ4v) is 2.26. The maximum Gasteiger partial charge on any atom is 0.410 e. The van der Waals surface area contributed by atoms with Gasteiger partial charge in [0.15, 0.2) is 0 Å². The molecule has 0 fully saturated rings. The Hall–Kier alpha value is -1.49. The molecule has 5 nitrogen and oxygen atoms in total. The molecule has 0 saturated heterocycles. The third kappa shape index (κ3) is 6.10. The van der Waals surface area contributed by atoms with Gasteiger partial charge in [-0.05, 0) is 60.6 Å². The Bertz CT molecular complexity index is 489. The van der Waals surface area contributed by atoms with Gasteiger partial charge in [-0.3, -0.25) is 0 Å². The Kier molecular flexibility index (Phi) is 6.48. The molecule has 0 aliphatic heterocycles. The van der Waals surface area contributed by atoms with Gasteiger partial charge in [0.2, 0.25) is 0 Å². The van der Waals surface area contributed by atoms with E-state index < -0.39 is 5.60 Å². The number of aryl methyl sites for hydroxylation is 2. The van der Waals surface area contributed by atoms with E-state index in [1.807, 2.05) is 34.6 Å². The second-order valence-electron chi connectivity index (χ2n) is 6.80. The number of carbonyl (C=O) groups is 1. The van der Waals surface area contributed by atoms with Crippen LogP contribution in [-0.2, 0) is 4.74 Å². The molecule has 0 aliphatic rings. The van der Waals surface area contributed by atoms with Crippen molar-refractivity contribution in [3.63, 3.8) is 0 Å². The number of rotatable bonds is 6. The van der Waals surface area contributed by atoms with E-state index in [0.717, 1.165) is 24.5 Å². The summed E-state index contributed by atoms with van der Waals surface area (Å²) in [6, 6.07) is 2.31. The fraction of sp³-hybridized carbons (Fsp3) is 0.706. The minimum atomic E-state index is -0.450. The van der Waals surface area contributed by atoms with Crippen molar-refractivity contribution in [3.05, 3.63) is 23.2 Å². The molecule has 1 unspecified atom stereocenters. The van der Waals surface area contributed by atoms with Crippen LogP contribution in [0.15, 0.2) is 10.5 Å². The molecule has 0 bridgehead atoms. The number of ether oxygens (including phenoxy) is 1. The molecule has 0 saturated carbocycles. The summed E-state index contributed by atoms with van der Waals surface area (Å²) < 4.78 is 10.9. The molecular weight excluding hydrogens is 280 g/mol. The van der Waals surface area contributed by atoms with Crippen LogP contribution in [0.1, 0.15) is 57.2 Å². The van der Waals surface area contributed by atoms with Crippen LogP contribution in [0.2, 0.25) is 0 Å². The van der Waals surface area contributed by atoms with Gasteiger partial charge in [-0.2, -0.15) is 0 Å². The standard InChI is InChI=1S/C17H30N2O3/c1-12-11-15(14(3)21-12)13(2)18-9-8-10-19(7)16(20)22-17(4,5)6/h11,13,18H,8-10H2,1-7H3. The third-order valence-electron chi connectivity index (χ3n) is 3.37. The highest BCUT2D eigenvalue weighted by Crippen LogP contribution is 2.20. The van der Waals surface area contributed by atoms with Crippen molar-refractivity contribution in [1.82, 2.24) is 10.2 Å². The Labute approximate surface area is 134 Å². The largest absolute Gasteiger partial charge is 0.466 e. The Balaban J connectivity index is 2.30. The quantitative estimate of drug-likeness (QED) is 0.812. The van der Waals surface area contributed by atoms with E-state index in [4.69, 9.17) is 9.15 Å². The first kappa shape index (κ1) is 18.6. The van der Waals surface area contributed by atoms with Gasteiger partial charge in [0, 0.05) is 25.2 Å². The SMILES string of the molecule is Cc1cc(C(C)NCCCN(C)C(=O)OC(C)(C)C)c(C)o1. The van der Waals surface area contributed by atoms with Crippen LogP contribution in [0.3, 0.4) is 0 Å². The average Bonchev–Trinajstić information content (AvgIpc) is 2.71. The van der Waals surface area contributed by atoms with E-state index in [1.54, 1.807) is 11.9 Å². The number of nitrogens with zero attached hydrogens (tertiary/aromatic N) is 1. The lowest BCUT2D eigenvalue weighted by molar-refractivity contribution is 0.0297. The summed E-state index contributed by atoms with van der Waals surface area (Å²) in [5, 5.41) is 3.46. The van der Waals surface area contributed by atoms with Gasteiger partial charge >= 0.3 is 6.09 Å². The molecule has 1 heterocycles. The van der Waals surface area contributed by atoms with Gasteiger partial charge in [-0.15, -0.1) is 0 Å². The van der Waals surface area contributed by atoms with Crippen molar-refractivity contribution in [2.45, 2.75) is 59.6 Å². The molecule has 1 amide bonds. The average molecular weight is 310 g/mol. The minimum absolute atomic E-state index is 0.240. The van der Waals surface area contributed by atoms with E-state index >= 15 is 0 Å². The van der Waals surface area contributed by atoms with Crippen molar-refractivity contribution in [2.24, 2.45) is 0 Å². The van der Waals surface area contributed by atoms with Crippen molar-refractivity contribution >= 4 is 6.09 Å². The predicted octanol–water partition coefficient (Wildman–Crippen LogP) is 3.80. The van der Waals surface area contributed by atoms with Crippen LogP contribution >= 0.6 is 0 Å². The lowest BCUT2D eigenvalue weighted by Gasteiger charge is -2.24. The summed E-state index contributed by atoms with van der Waals surface area (Å²) in [7, 11) is 1.76. The van der Waals surface area contributed by atoms with Crippen molar-refractivity contribution in [1.29, 1.82) is 0 Å². The lowest BCUT2D eigenvalue weighted by Crippen LogP contribution is -2.35. The molecule has 22 heavy (non-hydrogen) atoms. The van der Waals surface area contributed by atoms with Gasteiger partial charge in [0.05, 0.1) is 0 Å². The van der Waals surface area contributed by atoms with Crippen LogP contribution in [0.25, 0.3) is 0 Å². The van der Waals surface area contributed by atoms with E-state index in [2.05, 4.69) is 18.3 Å². The van der Waals surface area contributed by atoms with E-state index in [-0.39, 0.29) is 12.1 Å². The molecule has 1 atom stereocenters. The van der Waals surface area contributed by atoms with Crippen LogP contribution in [-0.4, -0.2) is 36.7 Å². The molecule has 126 valence electrons. The molecule has 1 rings (SSSR count). The molecule has 1 aromatic rings. The monoisotopic (exact) mass is 310 g/mol. The second-order valence-corrected chi connectivity index (χ2v) is 6.80. The van der Waals surface area contributed by atoms with Gasteiger partial charge in [0.25, 0.3) is 0 Å². The molecular formula is C17H30N2O3. The van der Waals surface area contributed by atoms with Gasteiger partial charge in [-0.25, -0.2) is 4.79 Å². The zero-order chi connectivity index (χ0) is 16.9. The fourth-order valence-electron chi connectivity index (χ4n) is 2.26. The normalized spacial score (nSPS) is 13.0. The zero-order valence-electron chi connectivity index (χ0n) is 14.9. The molecule has 1 aromatic heterocycles. The molecule has 0 aromatic carbocycles. The molecule has 5 heteroatoms. The number of nitrogens with one attached hydrogen (secondary N) is 1. The predicted molar refractivity (Wildman–Crippen MR) is 88.1 cm³/mol. The van der Waals surface area contributed by atoms with Gasteiger partial charge < -0.3 is 19.4 Å². The number of carbonyl (C=O) groups excluding carboxylic acids is 1. The van der Waals surface area contributed by atoms with Crippen molar-refractivity contribution in [3.8, 4) is 0 Å². The Morgan fingerprint density at radius 3 is 2.55 bits per heavy atom. The van der Waals surface area contributed by atoms with Crippen LogP contribution in [0.5, 0.6) is 0 Å². The van der Waals surface area contributed by atoms with Gasteiger partial charge in [-0.1, -0.05) is 0 Å². The highest BCUT2D eigenvalue weighted by atomic mass is 16.6. The topological polar surface area (TPSA) is 54.7 Å². The molecule has 0 aliphatic carbocycles.